The van der Waals surface area contributed by atoms with Gasteiger partial charge in [-0.15, -0.1) is 0 Å². The molecule has 1 atom stereocenters. The third-order valence-electron chi connectivity index (χ3n) is 2.30. The number of hydrogen-bond donors (Lipinski definition) is 1. The molecule has 0 saturated carbocycles. The van der Waals surface area contributed by atoms with Gasteiger partial charge in [0, 0.05) is 26.2 Å². The molecule has 5 nitrogen and oxygen atoms in total. The van der Waals surface area contributed by atoms with E-state index in [1.54, 1.807) is 0 Å². The van der Waals surface area contributed by atoms with Crippen molar-refractivity contribution in [3.63, 3.8) is 0 Å². The Hall–Kier alpha value is -0.650. The van der Waals surface area contributed by atoms with E-state index in [0.717, 1.165) is 13.1 Å². The van der Waals surface area contributed by atoms with Crippen LogP contribution in [0.2, 0.25) is 0 Å². The van der Waals surface area contributed by atoms with Crippen molar-refractivity contribution in [2.45, 2.75) is 6.10 Å². The van der Waals surface area contributed by atoms with Crippen LogP contribution in [-0.2, 0) is 9.53 Å². The van der Waals surface area contributed by atoms with Gasteiger partial charge >= 0.3 is 0 Å². The number of ether oxygens (including phenoxy) is 1. The average molecular weight is 201 g/mol. The molecule has 0 spiro atoms. The van der Waals surface area contributed by atoms with Crippen molar-refractivity contribution in [2.24, 2.45) is 5.73 Å². The topological polar surface area (TPSA) is 58.8 Å². The van der Waals surface area contributed by atoms with Crippen molar-refractivity contribution >= 4 is 5.91 Å². The fraction of sp³-hybridized carbons (Fsp3) is 0.889. The minimum absolute atomic E-state index is 0.0283. The lowest BCUT2D eigenvalue weighted by atomic mass is 10.2. The number of amides is 1. The van der Waals surface area contributed by atoms with E-state index in [2.05, 4.69) is 4.90 Å². The molecule has 2 N–H and O–H groups in total. The van der Waals surface area contributed by atoms with E-state index < -0.39 is 6.10 Å². The number of carbonyl (C=O) groups is 1. The van der Waals surface area contributed by atoms with Crippen molar-refractivity contribution in [1.82, 2.24) is 9.80 Å². The summed E-state index contributed by atoms with van der Waals surface area (Å²) in [6, 6.07) is 0. The average Bonchev–Trinajstić information content (AvgIpc) is 2.16. The minimum atomic E-state index is -0.425. The van der Waals surface area contributed by atoms with Gasteiger partial charge < -0.3 is 20.3 Å². The molecule has 5 heteroatoms. The maximum absolute atomic E-state index is 11.7. The molecule has 0 aromatic rings. The van der Waals surface area contributed by atoms with Gasteiger partial charge in [0.25, 0.3) is 5.91 Å². The minimum Gasteiger partial charge on any atom is -0.365 e. The molecule has 1 unspecified atom stereocenters. The molecule has 1 amide bonds. The maximum Gasteiger partial charge on any atom is 0.253 e. The van der Waals surface area contributed by atoms with E-state index >= 15 is 0 Å². The van der Waals surface area contributed by atoms with Gasteiger partial charge in [-0.05, 0) is 14.1 Å². The fourth-order valence-corrected chi connectivity index (χ4v) is 1.40. The molecule has 1 aliphatic heterocycles. The SMILES string of the molecule is CN(C)CCN1CCOC(CN)C1=O. The molecule has 1 aliphatic rings. The highest BCUT2D eigenvalue weighted by Gasteiger charge is 2.27. The van der Waals surface area contributed by atoms with Crippen LogP contribution in [0.1, 0.15) is 0 Å². The lowest BCUT2D eigenvalue weighted by Gasteiger charge is -2.32. The summed E-state index contributed by atoms with van der Waals surface area (Å²) in [4.78, 5) is 15.5. The molecule has 0 radical (unpaired) electrons. The Labute approximate surface area is 84.8 Å². The van der Waals surface area contributed by atoms with Gasteiger partial charge in [0.05, 0.1) is 6.61 Å². The third-order valence-corrected chi connectivity index (χ3v) is 2.30. The lowest BCUT2D eigenvalue weighted by Crippen LogP contribution is -2.52. The first-order valence-electron chi connectivity index (χ1n) is 4.90. The van der Waals surface area contributed by atoms with Crippen LogP contribution in [0, 0.1) is 0 Å². The first-order chi connectivity index (χ1) is 6.65. The van der Waals surface area contributed by atoms with Crippen molar-refractivity contribution in [1.29, 1.82) is 0 Å². The van der Waals surface area contributed by atoms with Crippen molar-refractivity contribution in [2.75, 3.05) is 46.9 Å². The molecule has 1 saturated heterocycles. The fourth-order valence-electron chi connectivity index (χ4n) is 1.40. The number of hydrogen-bond acceptors (Lipinski definition) is 4. The molecule has 82 valence electrons. The van der Waals surface area contributed by atoms with Crippen LogP contribution in [0.25, 0.3) is 0 Å². The number of carbonyl (C=O) groups excluding carboxylic acids is 1. The predicted octanol–water partition coefficient (Wildman–Crippen LogP) is -1.27. The summed E-state index contributed by atoms with van der Waals surface area (Å²) in [6.07, 6.45) is -0.425. The summed E-state index contributed by atoms with van der Waals surface area (Å²) >= 11 is 0. The molecule has 0 bridgehead atoms. The second-order valence-electron chi connectivity index (χ2n) is 3.72. The van der Waals surface area contributed by atoms with Gasteiger partial charge in [-0.1, -0.05) is 0 Å². The summed E-state index contributed by atoms with van der Waals surface area (Å²) in [5.74, 6) is 0.0283. The smallest absolute Gasteiger partial charge is 0.253 e. The molecular weight excluding hydrogens is 182 g/mol. The molecule has 0 aromatic heterocycles. The highest BCUT2D eigenvalue weighted by atomic mass is 16.5. The Morgan fingerprint density at radius 2 is 2.36 bits per heavy atom. The summed E-state index contributed by atoms with van der Waals surface area (Å²) in [5.41, 5.74) is 5.43. The molecule has 14 heavy (non-hydrogen) atoms. The summed E-state index contributed by atoms with van der Waals surface area (Å²) in [6.45, 7) is 3.19. The van der Waals surface area contributed by atoms with E-state index in [1.165, 1.54) is 0 Å². The van der Waals surface area contributed by atoms with Gasteiger partial charge in [-0.2, -0.15) is 0 Å². The van der Waals surface area contributed by atoms with Crippen LogP contribution < -0.4 is 5.73 Å². The van der Waals surface area contributed by atoms with Crippen LogP contribution in [0.15, 0.2) is 0 Å². The van der Waals surface area contributed by atoms with Crippen molar-refractivity contribution in [3.8, 4) is 0 Å². The summed E-state index contributed by atoms with van der Waals surface area (Å²) in [7, 11) is 3.98. The second-order valence-corrected chi connectivity index (χ2v) is 3.72. The molecule has 1 rings (SSSR count). The molecule has 1 fully saturated rings. The van der Waals surface area contributed by atoms with E-state index in [1.807, 2.05) is 19.0 Å². The van der Waals surface area contributed by atoms with Crippen LogP contribution >= 0.6 is 0 Å². The first-order valence-corrected chi connectivity index (χ1v) is 4.90. The standard InChI is InChI=1S/C9H19N3O2/c1-11(2)3-4-12-5-6-14-8(7-10)9(12)13/h8H,3-7,10H2,1-2H3. The van der Waals surface area contributed by atoms with Crippen LogP contribution in [0.3, 0.4) is 0 Å². The predicted molar refractivity (Wildman–Crippen MR) is 53.9 cm³/mol. The van der Waals surface area contributed by atoms with Crippen molar-refractivity contribution in [3.05, 3.63) is 0 Å². The zero-order chi connectivity index (χ0) is 10.6. The number of nitrogens with zero attached hydrogens (tertiary/aromatic N) is 2. The van der Waals surface area contributed by atoms with Crippen LogP contribution in [0.4, 0.5) is 0 Å². The zero-order valence-electron chi connectivity index (χ0n) is 8.90. The Morgan fingerprint density at radius 3 is 2.93 bits per heavy atom. The summed E-state index contributed by atoms with van der Waals surface area (Å²) in [5, 5.41) is 0. The monoisotopic (exact) mass is 201 g/mol. The van der Waals surface area contributed by atoms with Crippen LogP contribution in [-0.4, -0.2) is 68.7 Å². The number of rotatable bonds is 4. The van der Waals surface area contributed by atoms with Crippen molar-refractivity contribution < 1.29 is 9.53 Å². The lowest BCUT2D eigenvalue weighted by molar-refractivity contribution is -0.152. The second kappa shape index (κ2) is 5.29. The Kier molecular flexibility index (Phi) is 4.31. The third kappa shape index (κ3) is 2.94. The Bertz CT molecular complexity index is 196. The Morgan fingerprint density at radius 1 is 1.64 bits per heavy atom. The van der Waals surface area contributed by atoms with E-state index in [0.29, 0.717) is 13.2 Å². The van der Waals surface area contributed by atoms with E-state index in [-0.39, 0.29) is 12.5 Å². The van der Waals surface area contributed by atoms with Gasteiger partial charge in [-0.25, -0.2) is 0 Å². The quantitative estimate of drug-likeness (QED) is 0.616. The highest BCUT2D eigenvalue weighted by Crippen LogP contribution is 2.05. The largest absolute Gasteiger partial charge is 0.365 e. The van der Waals surface area contributed by atoms with E-state index in [4.69, 9.17) is 10.5 Å². The summed E-state index contributed by atoms with van der Waals surface area (Å²) < 4.78 is 5.25. The Balaban J connectivity index is 2.40. The number of likely N-dealkylation sites (N-methyl/N-ethyl adjacent to an activating group) is 1. The maximum atomic E-state index is 11.7. The number of nitrogens with two attached hydrogens (primary N) is 1. The van der Waals surface area contributed by atoms with Crippen LogP contribution in [0.5, 0.6) is 0 Å². The van der Waals surface area contributed by atoms with Gasteiger partial charge in [-0.3, -0.25) is 4.79 Å². The normalized spacial score (nSPS) is 23.3. The molecular formula is C9H19N3O2. The van der Waals surface area contributed by atoms with Gasteiger partial charge in [0.15, 0.2) is 0 Å². The van der Waals surface area contributed by atoms with E-state index in [9.17, 15) is 4.79 Å². The van der Waals surface area contributed by atoms with Gasteiger partial charge in [0.2, 0.25) is 0 Å². The zero-order valence-corrected chi connectivity index (χ0v) is 8.90. The molecule has 1 heterocycles. The number of morpholine rings is 1. The first kappa shape index (κ1) is 11.4. The molecule has 0 aliphatic carbocycles. The highest BCUT2D eigenvalue weighted by molar-refractivity contribution is 5.81. The molecule has 0 aromatic carbocycles. The van der Waals surface area contributed by atoms with Gasteiger partial charge in [0.1, 0.15) is 6.10 Å².